The summed E-state index contributed by atoms with van der Waals surface area (Å²) in [4.78, 5) is 0. The Morgan fingerprint density at radius 3 is 2.56 bits per heavy atom. The Bertz CT molecular complexity index is 414. The van der Waals surface area contributed by atoms with Gasteiger partial charge in [0.1, 0.15) is 0 Å². The fourth-order valence-corrected chi connectivity index (χ4v) is 2.70. The average Bonchev–Trinajstić information content (AvgIpc) is 2.28. The molecule has 0 spiro atoms. The highest BCUT2D eigenvalue weighted by Gasteiger charge is 2.30. The van der Waals surface area contributed by atoms with E-state index in [1.54, 1.807) is 6.26 Å². The van der Waals surface area contributed by atoms with E-state index < -0.39 is 10.8 Å². The summed E-state index contributed by atoms with van der Waals surface area (Å²) in [6.07, 6.45) is 4.11. The van der Waals surface area contributed by atoms with E-state index in [0.717, 1.165) is 11.6 Å². The molecule has 2 atom stereocenters. The molecule has 100 valence electrons. The van der Waals surface area contributed by atoms with Crippen molar-refractivity contribution in [2.75, 3.05) is 12.8 Å². The molecule has 1 saturated carbocycles. The standard InChI is InChI=1S/C14H20ClNOS/c1-10(18(2)17)9-16-14-7-12(8-14)11-3-5-13(15)6-4-11/h3-6,10,12,14,16H,7-9H2,1-2H3. The zero-order valence-electron chi connectivity index (χ0n) is 10.9. The van der Waals surface area contributed by atoms with Crippen LogP contribution in [0.3, 0.4) is 0 Å². The number of benzene rings is 1. The lowest BCUT2D eigenvalue weighted by Gasteiger charge is -2.37. The monoisotopic (exact) mass is 285 g/mol. The third kappa shape index (κ3) is 3.56. The predicted octanol–water partition coefficient (Wildman–Crippen LogP) is 2.94. The lowest BCUT2D eigenvalue weighted by Crippen LogP contribution is -2.43. The molecule has 2 nitrogen and oxygen atoms in total. The molecule has 1 aliphatic carbocycles. The Balaban J connectivity index is 1.74. The van der Waals surface area contributed by atoms with E-state index in [0.29, 0.717) is 12.0 Å². The molecule has 1 aliphatic rings. The number of nitrogens with one attached hydrogen (secondary N) is 1. The van der Waals surface area contributed by atoms with Crippen molar-refractivity contribution < 1.29 is 4.21 Å². The first-order valence-electron chi connectivity index (χ1n) is 6.37. The lowest BCUT2D eigenvalue weighted by atomic mass is 9.76. The van der Waals surface area contributed by atoms with E-state index in [9.17, 15) is 4.21 Å². The molecule has 4 heteroatoms. The van der Waals surface area contributed by atoms with Crippen molar-refractivity contribution in [3.63, 3.8) is 0 Å². The van der Waals surface area contributed by atoms with E-state index >= 15 is 0 Å². The fraction of sp³-hybridized carbons (Fsp3) is 0.571. The van der Waals surface area contributed by atoms with Crippen molar-refractivity contribution >= 4 is 22.4 Å². The van der Waals surface area contributed by atoms with Crippen molar-refractivity contribution in [1.29, 1.82) is 0 Å². The Kier molecular flexibility index (Phi) is 4.82. The van der Waals surface area contributed by atoms with E-state index in [1.807, 2.05) is 19.1 Å². The molecule has 2 unspecified atom stereocenters. The minimum Gasteiger partial charge on any atom is -0.313 e. The molecule has 0 heterocycles. The van der Waals surface area contributed by atoms with Crippen LogP contribution in [-0.2, 0) is 10.8 Å². The van der Waals surface area contributed by atoms with Crippen LogP contribution in [0, 0.1) is 0 Å². The van der Waals surface area contributed by atoms with Gasteiger partial charge in [0.2, 0.25) is 0 Å². The molecule has 1 N–H and O–H groups in total. The molecule has 2 rings (SSSR count). The third-order valence-electron chi connectivity index (χ3n) is 3.74. The molecular weight excluding hydrogens is 266 g/mol. The van der Waals surface area contributed by atoms with Crippen LogP contribution in [0.25, 0.3) is 0 Å². The second-order valence-corrected chi connectivity index (χ2v) is 7.37. The average molecular weight is 286 g/mol. The molecular formula is C14H20ClNOS. The Labute approximate surface area is 117 Å². The highest BCUT2D eigenvalue weighted by Crippen LogP contribution is 2.37. The summed E-state index contributed by atoms with van der Waals surface area (Å²) in [5.74, 6) is 0.655. The van der Waals surface area contributed by atoms with Crippen molar-refractivity contribution in [3.05, 3.63) is 34.9 Å². The first kappa shape index (κ1) is 14.0. The molecule has 0 aromatic heterocycles. The Morgan fingerprint density at radius 1 is 1.39 bits per heavy atom. The lowest BCUT2D eigenvalue weighted by molar-refractivity contribution is 0.292. The van der Waals surface area contributed by atoms with Gasteiger partial charge in [0.25, 0.3) is 0 Å². The van der Waals surface area contributed by atoms with Crippen LogP contribution in [0.4, 0.5) is 0 Å². The van der Waals surface area contributed by atoms with Gasteiger partial charge in [-0.25, -0.2) is 0 Å². The molecule has 0 bridgehead atoms. The van der Waals surface area contributed by atoms with Gasteiger partial charge in [0, 0.05) is 39.9 Å². The summed E-state index contributed by atoms with van der Waals surface area (Å²) in [5, 5.41) is 4.53. The van der Waals surface area contributed by atoms with Crippen molar-refractivity contribution in [2.24, 2.45) is 0 Å². The summed E-state index contributed by atoms with van der Waals surface area (Å²) >= 11 is 5.88. The van der Waals surface area contributed by atoms with Crippen LogP contribution >= 0.6 is 11.6 Å². The highest BCUT2D eigenvalue weighted by atomic mass is 35.5. The van der Waals surface area contributed by atoms with Gasteiger partial charge < -0.3 is 5.32 Å². The molecule has 0 saturated heterocycles. The highest BCUT2D eigenvalue weighted by molar-refractivity contribution is 7.84. The van der Waals surface area contributed by atoms with Gasteiger partial charge in [0.05, 0.1) is 0 Å². The second kappa shape index (κ2) is 6.18. The number of hydrogen-bond donors (Lipinski definition) is 1. The van der Waals surface area contributed by atoms with Gasteiger partial charge in [-0.05, 0) is 43.4 Å². The first-order valence-corrected chi connectivity index (χ1v) is 8.37. The van der Waals surface area contributed by atoms with Gasteiger partial charge in [-0.2, -0.15) is 0 Å². The van der Waals surface area contributed by atoms with Crippen molar-refractivity contribution in [3.8, 4) is 0 Å². The molecule has 18 heavy (non-hydrogen) atoms. The van der Waals surface area contributed by atoms with Gasteiger partial charge in [-0.15, -0.1) is 0 Å². The topological polar surface area (TPSA) is 29.1 Å². The second-order valence-electron chi connectivity index (χ2n) is 5.13. The van der Waals surface area contributed by atoms with Crippen LogP contribution in [0.15, 0.2) is 24.3 Å². The van der Waals surface area contributed by atoms with E-state index in [2.05, 4.69) is 17.4 Å². The first-order chi connectivity index (χ1) is 8.56. The third-order valence-corrected chi connectivity index (χ3v) is 5.29. The molecule has 0 radical (unpaired) electrons. The molecule has 1 aromatic rings. The summed E-state index contributed by atoms with van der Waals surface area (Å²) in [5.41, 5.74) is 1.38. The maximum Gasteiger partial charge on any atom is 0.0441 e. The van der Waals surface area contributed by atoms with Crippen molar-refractivity contribution in [1.82, 2.24) is 5.32 Å². The largest absolute Gasteiger partial charge is 0.313 e. The molecule has 0 amide bonds. The van der Waals surface area contributed by atoms with Crippen LogP contribution in [0.5, 0.6) is 0 Å². The maximum absolute atomic E-state index is 11.2. The fourth-order valence-electron chi connectivity index (χ4n) is 2.24. The molecule has 1 fully saturated rings. The number of halogens is 1. The minimum absolute atomic E-state index is 0.236. The van der Waals surface area contributed by atoms with Crippen LogP contribution in [0.2, 0.25) is 5.02 Å². The number of rotatable bonds is 5. The van der Waals surface area contributed by atoms with E-state index in [4.69, 9.17) is 11.6 Å². The van der Waals surface area contributed by atoms with Crippen LogP contribution in [0.1, 0.15) is 31.2 Å². The Hall–Kier alpha value is -0.380. The van der Waals surface area contributed by atoms with Gasteiger partial charge in [-0.3, -0.25) is 4.21 Å². The summed E-state index contributed by atoms with van der Waals surface area (Å²) < 4.78 is 11.2. The van der Waals surface area contributed by atoms with E-state index in [1.165, 1.54) is 18.4 Å². The normalized spacial score (nSPS) is 26.4. The summed E-state index contributed by atoms with van der Waals surface area (Å²) in [6.45, 7) is 2.87. The Morgan fingerprint density at radius 2 is 2.00 bits per heavy atom. The van der Waals surface area contributed by atoms with Gasteiger partial charge in [-0.1, -0.05) is 23.7 Å². The summed E-state index contributed by atoms with van der Waals surface area (Å²) in [7, 11) is -0.729. The maximum atomic E-state index is 11.2. The quantitative estimate of drug-likeness (QED) is 0.901. The predicted molar refractivity (Wildman–Crippen MR) is 78.7 cm³/mol. The minimum atomic E-state index is -0.729. The summed E-state index contributed by atoms with van der Waals surface area (Å²) in [6, 6.07) is 8.73. The molecule has 0 aliphatic heterocycles. The number of hydrogen-bond acceptors (Lipinski definition) is 2. The van der Waals surface area contributed by atoms with Gasteiger partial charge >= 0.3 is 0 Å². The van der Waals surface area contributed by atoms with E-state index in [-0.39, 0.29) is 5.25 Å². The molecule has 1 aromatic carbocycles. The van der Waals surface area contributed by atoms with Crippen LogP contribution < -0.4 is 5.32 Å². The zero-order chi connectivity index (χ0) is 13.1. The van der Waals surface area contributed by atoms with Crippen LogP contribution in [-0.4, -0.2) is 28.3 Å². The van der Waals surface area contributed by atoms with Gasteiger partial charge in [0.15, 0.2) is 0 Å². The zero-order valence-corrected chi connectivity index (χ0v) is 12.4. The van der Waals surface area contributed by atoms with Crippen molar-refractivity contribution in [2.45, 2.75) is 37.0 Å². The SMILES string of the molecule is CC(CNC1CC(c2ccc(Cl)cc2)C1)S(C)=O. The smallest absolute Gasteiger partial charge is 0.0441 e.